The molecule has 0 spiro atoms. The second-order valence-corrected chi connectivity index (χ2v) is 31.2. The van der Waals surface area contributed by atoms with Crippen molar-refractivity contribution in [1.82, 2.24) is 38.2 Å². The van der Waals surface area contributed by atoms with Crippen LogP contribution >= 0.6 is 22.7 Å². The summed E-state index contributed by atoms with van der Waals surface area (Å²) in [6, 6.07) is 139. The molecule has 0 bridgehead atoms. The number of hydrogen-bond acceptors (Lipinski definition) is 6. The Balaban J connectivity index is 0.000000135. The quantitative estimate of drug-likeness (QED) is 0.137. The molecule has 532 valence electrons. The molecule has 16 aromatic carbocycles. The summed E-state index contributed by atoms with van der Waals surface area (Å²) in [7, 11) is 0. The standard InChI is InChI=1S/2C52H32N4S/c1-3-15-33(16-4-1)51-53-50(49-41-23-9-12-28-47(41)57-52(49)54-51)35-18-13-17-34(31-35)38-24-14-27-46-48(38)42-32-37(29-30-45(42)55(46)36-19-5-2-6-20-36)56-43-25-10-7-21-39(43)40-22-8-11-26-44(40)56;1-3-15-33(16-4-1)50-49-41-23-9-12-28-47(41)57-52(49)54-51(53-50)35-18-13-17-34(31-35)38-24-14-27-46-48(38)42-32-37(29-30-45(42)55(46)36-19-5-2-6-20-36)56-43-25-10-7-21-39(43)40-22-8-11-26-44(40)56/h2*1-32H. The Bertz CT molecular complexity index is 7880. The van der Waals surface area contributed by atoms with Crippen LogP contribution in [0.5, 0.6) is 0 Å². The highest BCUT2D eigenvalue weighted by molar-refractivity contribution is 7.26. The molecule has 0 aliphatic rings. The Hall–Kier alpha value is -14.7. The molecule has 0 N–H and O–H groups in total. The van der Waals surface area contributed by atoms with E-state index < -0.39 is 0 Å². The molecular formula is C104H64N8S2. The smallest absolute Gasteiger partial charge is 0.161 e. The molecule has 0 saturated carbocycles. The van der Waals surface area contributed by atoms with Crippen LogP contribution in [0.1, 0.15) is 0 Å². The lowest BCUT2D eigenvalue weighted by Gasteiger charge is -2.11. The van der Waals surface area contributed by atoms with Crippen LogP contribution in [0.3, 0.4) is 0 Å². The molecule has 0 aliphatic heterocycles. The van der Waals surface area contributed by atoms with Crippen molar-refractivity contribution >= 4 is 151 Å². The highest BCUT2D eigenvalue weighted by Crippen LogP contribution is 2.47. The van der Waals surface area contributed by atoms with Gasteiger partial charge in [0.05, 0.1) is 55.5 Å². The maximum absolute atomic E-state index is 5.33. The zero-order chi connectivity index (χ0) is 74.9. The Kier molecular flexibility index (Phi) is 15.2. The summed E-state index contributed by atoms with van der Waals surface area (Å²) < 4.78 is 12.1. The molecule has 10 heteroatoms. The van der Waals surface area contributed by atoms with E-state index in [1.54, 1.807) is 22.7 Å². The summed E-state index contributed by atoms with van der Waals surface area (Å²) >= 11 is 3.46. The fourth-order valence-corrected chi connectivity index (χ4v) is 19.9. The first-order valence-corrected chi connectivity index (χ1v) is 40.1. The minimum atomic E-state index is 0.724. The molecule has 0 amide bonds. The van der Waals surface area contributed by atoms with E-state index in [0.717, 1.165) is 116 Å². The molecule has 0 saturated heterocycles. The van der Waals surface area contributed by atoms with Crippen molar-refractivity contribution in [3.8, 4) is 90.3 Å². The number of aromatic nitrogens is 8. The predicted octanol–water partition coefficient (Wildman–Crippen LogP) is 28.1. The van der Waals surface area contributed by atoms with Crippen LogP contribution in [0.2, 0.25) is 0 Å². The van der Waals surface area contributed by atoms with Crippen molar-refractivity contribution in [1.29, 1.82) is 0 Å². The van der Waals surface area contributed by atoms with Crippen molar-refractivity contribution in [3.05, 3.63) is 388 Å². The van der Waals surface area contributed by atoms with Crippen LogP contribution in [-0.4, -0.2) is 38.2 Å². The Morgan fingerprint density at radius 3 is 0.956 bits per heavy atom. The SMILES string of the molecule is c1ccc(-c2nc(-c3cccc(-c4cccc5c4c4cc(-n6c7ccccc7c7ccccc76)ccc4n5-c4ccccc4)c3)c3c(n2)sc2ccccc23)cc1.c1ccc(-c2nc(-c3cccc(-c4cccc5c4c4cc(-n6c7ccccc7c7ccccc76)ccc4n5-c4ccccc4)c3)nc3sc4ccccc4c23)cc1. The van der Waals surface area contributed by atoms with Gasteiger partial charge in [-0.05, 0) is 144 Å². The number of para-hydroxylation sites is 6. The Morgan fingerprint density at radius 2 is 0.500 bits per heavy atom. The predicted molar refractivity (Wildman–Crippen MR) is 480 cm³/mol. The fraction of sp³-hybridized carbons (Fsp3) is 0. The average Bonchev–Trinajstić information content (AvgIpc) is 1.57. The molecular weight excluding hydrogens is 1430 g/mol. The van der Waals surface area contributed by atoms with Crippen molar-refractivity contribution in [3.63, 3.8) is 0 Å². The number of nitrogens with zero attached hydrogens (tertiary/aromatic N) is 8. The normalized spacial score (nSPS) is 11.9. The third kappa shape index (κ3) is 10.5. The lowest BCUT2D eigenvalue weighted by molar-refractivity contribution is 1.17. The summed E-state index contributed by atoms with van der Waals surface area (Å²) in [6.45, 7) is 0. The van der Waals surface area contributed by atoms with Gasteiger partial charge >= 0.3 is 0 Å². The van der Waals surface area contributed by atoms with Crippen molar-refractivity contribution in [2.45, 2.75) is 0 Å². The van der Waals surface area contributed by atoms with Gasteiger partial charge in [0.2, 0.25) is 0 Å². The van der Waals surface area contributed by atoms with Gasteiger partial charge < -0.3 is 18.3 Å². The minimum Gasteiger partial charge on any atom is -0.309 e. The summed E-state index contributed by atoms with van der Waals surface area (Å²) in [5, 5.41) is 14.4. The van der Waals surface area contributed by atoms with E-state index in [0.29, 0.717) is 0 Å². The largest absolute Gasteiger partial charge is 0.309 e. The summed E-state index contributed by atoms with van der Waals surface area (Å²) in [5.74, 6) is 1.46. The van der Waals surface area contributed by atoms with Gasteiger partial charge in [-0.2, -0.15) is 0 Å². The lowest BCUT2D eigenvalue weighted by Crippen LogP contribution is -1.95. The lowest BCUT2D eigenvalue weighted by atomic mass is 9.96. The van der Waals surface area contributed by atoms with E-state index >= 15 is 0 Å². The van der Waals surface area contributed by atoms with Gasteiger partial charge in [-0.25, -0.2) is 19.9 Å². The summed E-state index contributed by atoms with van der Waals surface area (Å²) in [4.78, 5) is 23.0. The zero-order valence-corrected chi connectivity index (χ0v) is 63.0. The summed E-state index contributed by atoms with van der Waals surface area (Å²) in [6.07, 6.45) is 0. The average molecular weight is 1490 g/mol. The van der Waals surface area contributed by atoms with Gasteiger partial charge in [0.1, 0.15) is 9.66 Å². The van der Waals surface area contributed by atoms with Crippen LogP contribution in [0.25, 0.3) is 218 Å². The molecule has 0 unspecified atom stereocenters. The van der Waals surface area contributed by atoms with Gasteiger partial charge in [0.25, 0.3) is 0 Å². The van der Waals surface area contributed by atoms with Crippen LogP contribution < -0.4 is 0 Å². The highest BCUT2D eigenvalue weighted by atomic mass is 32.1. The second-order valence-electron chi connectivity index (χ2n) is 29.1. The number of thiophene rings is 2. The van der Waals surface area contributed by atoms with Crippen LogP contribution in [-0.2, 0) is 0 Å². The molecule has 0 fully saturated rings. The first-order valence-electron chi connectivity index (χ1n) is 38.5. The van der Waals surface area contributed by atoms with E-state index in [2.05, 4.69) is 388 Å². The van der Waals surface area contributed by atoms with Crippen molar-refractivity contribution in [2.24, 2.45) is 0 Å². The molecule has 0 radical (unpaired) electrons. The van der Waals surface area contributed by atoms with Gasteiger partial charge in [-0.3, -0.25) is 0 Å². The van der Waals surface area contributed by atoms with E-state index in [1.165, 1.54) is 102 Å². The Labute approximate surface area is 662 Å². The van der Waals surface area contributed by atoms with Gasteiger partial charge in [-0.15, -0.1) is 22.7 Å². The van der Waals surface area contributed by atoms with E-state index in [-0.39, 0.29) is 0 Å². The van der Waals surface area contributed by atoms with E-state index in [1.807, 2.05) is 18.2 Å². The molecule has 24 rings (SSSR count). The topological polar surface area (TPSA) is 71.3 Å². The number of fused-ring (bicyclic) bond motifs is 18. The molecule has 114 heavy (non-hydrogen) atoms. The maximum atomic E-state index is 5.33. The zero-order valence-electron chi connectivity index (χ0n) is 61.3. The van der Waals surface area contributed by atoms with Crippen LogP contribution in [0.4, 0.5) is 0 Å². The van der Waals surface area contributed by atoms with Crippen molar-refractivity contribution in [2.75, 3.05) is 0 Å². The van der Waals surface area contributed by atoms with Crippen LogP contribution in [0, 0.1) is 0 Å². The molecule has 8 heterocycles. The first kappa shape index (κ1) is 65.2. The molecule has 8 aromatic heterocycles. The van der Waals surface area contributed by atoms with Crippen LogP contribution in [0.15, 0.2) is 388 Å². The third-order valence-electron chi connectivity index (χ3n) is 22.7. The monoisotopic (exact) mass is 1490 g/mol. The molecule has 0 atom stereocenters. The first-order chi connectivity index (χ1) is 56.6. The Morgan fingerprint density at radius 1 is 0.184 bits per heavy atom. The number of rotatable bonds is 10. The second kappa shape index (κ2) is 26.5. The highest BCUT2D eigenvalue weighted by Gasteiger charge is 2.25. The van der Waals surface area contributed by atoms with Gasteiger partial charge in [0, 0.05) is 119 Å². The number of benzene rings is 16. The molecule has 8 nitrogen and oxygen atoms in total. The van der Waals surface area contributed by atoms with E-state index in [4.69, 9.17) is 19.9 Å². The van der Waals surface area contributed by atoms with Gasteiger partial charge in [0.15, 0.2) is 11.6 Å². The third-order valence-corrected chi connectivity index (χ3v) is 24.8. The maximum Gasteiger partial charge on any atom is 0.161 e. The summed E-state index contributed by atoms with van der Waals surface area (Å²) in [5.41, 5.74) is 24.6. The van der Waals surface area contributed by atoms with Crippen molar-refractivity contribution < 1.29 is 0 Å². The minimum absolute atomic E-state index is 0.724. The van der Waals surface area contributed by atoms with E-state index in [9.17, 15) is 0 Å². The molecule has 0 aliphatic carbocycles. The molecule has 24 aromatic rings. The number of hydrogen-bond donors (Lipinski definition) is 0. The van der Waals surface area contributed by atoms with Gasteiger partial charge in [-0.1, -0.05) is 267 Å². The fourth-order valence-electron chi connectivity index (χ4n) is 17.8.